The number of nitrogens with zero attached hydrogens (tertiary/aromatic N) is 3. The van der Waals surface area contributed by atoms with E-state index in [1.807, 2.05) is 0 Å². The molecular weight excluding hydrogens is 260 g/mol. The second-order valence-electron chi connectivity index (χ2n) is 4.73. The molecule has 1 aliphatic heterocycles. The molecule has 0 aliphatic carbocycles. The van der Waals surface area contributed by atoms with E-state index >= 15 is 0 Å². The normalized spacial score (nSPS) is 15.0. The maximum Gasteiger partial charge on any atom is 0.473 e. The van der Waals surface area contributed by atoms with Crippen molar-refractivity contribution in [3.63, 3.8) is 0 Å². The Hall–Kier alpha value is -2.05. The standard InChI is InChI=1S/C13H20N4O3/c1-3-20-13(18)15-12-9-11(14-10(2)17(12)19)16-7-5-4-6-8-16/h9H,3-8H2,1-2H3,(H,15,18). The summed E-state index contributed by atoms with van der Waals surface area (Å²) in [6.45, 7) is 5.44. The molecule has 1 saturated heterocycles. The highest BCUT2D eigenvalue weighted by Gasteiger charge is 2.20. The van der Waals surface area contributed by atoms with E-state index in [9.17, 15) is 10.0 Å². The Kier molecular flexibility index (Phi) is 4.60. The predicted molar refractivity (Wildman–Crippen MR) is 74.6 cm³/mol. The topological polar surface area (TPSA) is 81.4 Å². The molecule has 1 amide bonds. The second-order valence-corrected chi connectivity index (χ2v) is 4.73. The van der Waals surface area contributed by atoms with Gasteiger partial charge in [0, 0.05) is 20.0 Å². The van der Waals surface area contributed by atoms with Gasteiger partial charge in [0.2, 0.25) is 17.5 Å². The van der Waals surface area contributed by atoms with E-state index in [-0.39, 0.29) is 12.4 Å². The van der Waals surface area contributed by atoms with Crippen molar-refractivity contribution in [3.05, 3.63) is 17.1 Å². The van der Waals surface area contributed by atoms with E-state index in [0.29, 0.717) is 10.6 Å². The maximum absolute atomic E-state index is 11.9. The van der Waals surface area contributed by atoms with Gasteiger partial charge in [-0.1, -0.05) is 4.98 Å². The monoisotopic (exact) mass is 280 g/mol. The molecule has 20 heavy (non-hydrogen) atoms. The largest absolute Gasteiger partial charge is 0.740 e. The number of hydrogen-bond donors (Lipinski definition) is 1. The van der Waals surface area contributed by atoms with Crippen LogP contribution < -0.4 is 14.9 Å². The molecule has 0 unspecified atom stereocenters. The Morgan fingerprint density at radius 1 is 1.50 bits per heavy atom. The molecule has 0 bridgehead atoms. The molecule has 0 radical (unpaired) electrons. The molecule has 2 rings (SSSR count). The van der Waals surface area contributed by atoms with Crippen LogP contribution in [0, 0.1) is 12.1 Å². The van der Waals surface area contributed by atoms with Crippen LogP contribution in [0.5, 0.6) is 0 Å². The lowest BCUT2D eigenvalue weighted by atomic mass is 10.1. The van der Waals surface area contributed by atoms with Crippen LogP contribution in [0.25, 0.3) is 0 Å². The van der Waals surface area contributed by atoms with Crippen LogP contribution in [0.15, 0.2) is 6.07 Å². The summed E-state index contributed by atoms with van der Waals surface area (Å²) in [5.74, 6) is 1.18. The Morgan fingerprint density at radius 2 is 2.20 bits per heavy atom. The number of anilines is 2. The third-order valence-corrected chi connectivity index (χ3v) is 3.24. The van der Waals surface area contributed by atoms with Crippen LogP contribution in [0.4, 0.5) is 16.4 Å². The number of carbonyl (C=O) groups excluding carboxylic acids is 1. The van der Waals surface area contributed by atoms with Crippen molar-refractivity contribution in [1.82, 2.24) is 4.98 Å². The van der Waals surface area contributed by atoms with Crippen molar-refractivity contribution < 1.29 is 14.3 Å². The molecule has 7 nitrogen and oxygen atoms in total. The molecule has 1 N–H and O–H groups in total. The van der Waals surface area contributed by atoms with Crippen LogP contribution in [0.2, 0.25) is 0 Å². The number of rotatable bonds is 3. The van der Waals surface area contributed by atoms with Gasteiger partial charge >= 0.3 is 6.09 Å². The molecule has 1 fully saturated rings. The smallest absolute Gasteiger partial charge is 0.473 e. The zero-order valence-corrected chi connectivity index (χ0v) is 11.9. The first-order valence-corrected chi connectivity index (χ1v) is 6.91. The average molecular weight is 280 g/mol. The van der Waals surface area contributed by atoms with Gasteiger partial charge in [-0.3, -0.25) is 0 Å². The van der Waals surface area contributed by atoms with Gasteiger partial charge in [0.25, 0.3) is 0 Å². The first-order valence-electron chi connectivity index (χ1n) is 6.91. The summed E-state index contributed by atoms with van der Waals surface area (Å²) < 4.78 is 5.39. The van der Waals surface area contributed by atoms with Crippen molar-refractivity contribution in [2.45, 2.75) is 33.1 Å². The van der Waals surface area contributed by atoms with Crippen molar-refractivity contribution in [2.75, 3.05) is 29.9 Å². The molecule has 2 heterocycles. The van der Waals surface area contributed by atoms with Crippen molar-refractivity contribution in [2.24, 2.45) is 0 Å². The zero-order valence-electron chi connectivity index (χ0n) is 11.9. The van der Waals surface area contributed by atoms with Crippen LogP contribution >= 0.6 is 0 Å². The predicted octanol–water partition coefficient (Wildman–Crippen LogP) is 1.58. The lowest BCUT2D eigenvalue weighted by Crippen LogP contribution is -2.39. The number of amides is 1. The van der Waals surface area contributed by atoms with Crippen molar-refractivity contribution in [1.29, 1.82) is 0 Å². The number of piperidine rings is 1. The minimum absolute atomic E-state index is 0.150. The highest BCUT2D eigenvalue weighted by atomic mass is 16.5. The Morgan fingerprint density at radius 3 is 2.85 bits per heavy atom. The summed E-state index contributed by atoms with van der Waals surface area (Å²) in [6.07, 6.45) is 2.83. The number of ether oxygens (including phenoxy) is 1. The fraction of sp³-hybridized carbons (Fsp3) is 0.615. The second kappa shape index (κ2) is 6.40. The van der Waals surface area contributed by atoms with Crippen molar-refractivity contribution >= 4 is 17.7 Å². The molecule has 110 valence electrons. The van der Waals surface area contributed by atoms with Crippen LogP contribution in [-0.4, -0.2) is 30.8 Å². The minimum Gasteiger partial charge on any atom is -0.740 e. The first kappa shape index (κ1) is 14.4. The number of hydrogen-bond acceptors (Lipinski definition) is 5. The third-order valence-electron chi connectivity index (χ3n) is 3.24. The quantitative estimate of drug-likeness (QED) is 0.671. The van der Waals surface area contributed by atoms with E-state index in [0.717, 1.165) is 31.7 Å². The minimum atomic E-state index is -0.632. The first-order chi connectivity index (χ1) is 9.61. The lowest BCUT2D eigenvalue weighted by molar-refractivity contribution is -0.600. The molecule has 0 atom stereocenters. The maximum atomic E-state index is 11.9. The number of aromatic nitrogens is 2. The van der Waals surface area contributed by atoms with E-state index in [2.05, 4.69) is 15.2 Å². The van der Waals surface area contributed by atoms with Gasteiger partial charge in [-0.25, -0.2) is 14.8 Å². The third kappa shape index (κ3) is 3.28. The number of nitrogens with one attached hydrogen (secondary N) is 1. The van der Waals surface area contributed by atoms with Gasteiger partial charge in [0.15, 0.2) is 0 Å². The Labute approximate surface area is 118 Å². The van der Waals surface area contributed by atoms with Crippen LogP contribution in [0.3, 0.4) is 0 Å². The van der Waals surface area contributed by atoms with E-state index in [1.54, 1.807) is 19.9 Å². The van der Waals surface area contributed by atoms with Gasteiger partial charge in [-0.15, -0.1) is 0 Å². The van der Waals surface area contributed by atoms with E-state index in [4.69, 9.17) is 4.74 Å². The number of aryl methyl sites for hydroxylation is 1. The fourth-order valence-corrected chi connectivity index (χ4v) is 2.24. The van der Waals surface area contributed by atoms with Gasteiger partial charge in [0.1, 0.15) is 0 Å². The summed E-state index contributed by atoms with van der Waals surface area (Å²) in [7, 11) is 0. The van der Waals surface area contributed by atoms with Crippen molar-refractivity contribution in [3.8, 4) is 0 Å². The Balaban J connectivity index is 2.22. The van der Waals surface area contributed by atoms with Crippen LogP contribution in [0.1, 0.15) is 32.0 Å². The molecule has 1 aromatic heterocycles. The van der Waals surface area contributed by atoms with Gasteiger partial charge in [0.05, 0.1) is 12.7 Å². The summed E-state index contributed by atoms with van der Waals surface area (Å²) >= 11 is 0. The van der Waals surface area contributed by atoms with Crippen LogP contribution in [-0.2, 0) is 4.74 Å². The summed E-state index contributed by atoms with van der Waals surface area (Å²) in [4.78, 5) is 17.9. The summed E-state index contributed by atoms with van der Waals surface area (Å²) in [5.41, 5.74) is 0. The van der Waals surface area contributed by atoms with E-state index < -0.39 is 6.09 Å². The fourth-order valence-electron chi connectivity index (χ4n) is 2.24. The lowest BCUT2D eigenvalue weighted by Gasteiger charge is -2.26. The number of carbonyl (C=O) groups is 1. The van der Waals surface area contributed by atoms with E-state index in [1.165, 1.54) is 6.42 Å². The molecule has 7 heteroatoms. The SMILES string of the molecule is CCOC(=O)Nc1cc(N2CCCCC2)nc(C)[n+]1[O-]. The molecule has 0 aromatic carbocycles. The summed E-state index contributed by atoms with van der Waals surface area (Å²) in [5, 5.41) is 14.4. The Bertz CT molecular complexity index is 487. The van der Waals surface area contributed by atoms with Gasteiger partial charge < -0.3 is 14.8 Å². The molecule has 0 saturated carbocycles. The molecular formula is C13H20N4O3. The summed E-state index contributed by atoms with van der Waals surface area (Å²) in [6, 6.07) is 1.60. The highest BCUT2D eigenvalue weighted by molar-refractivity contribution is 5.82. The van der Waals surface area contributed by atoms with Gasteiger partial charge in [-0.05, 0) is 26.2 Å². The zero-order chi connectivity index (χ0) is 14.5. The average Bonchev–Trinajstić information content (AvgIpc) is 2.45. The molecule has 1 aliphatic rings. The van der Waals surface area contributed by atoms with Gasteiger partial charge in [-0.2, -0.15) is 0 Å². The molecule has 0 spiro atoms. The highest BCUT2D eigenvalue weighted by Crippen LogP contribution is 2.19. The molecule has 1 aromatic rings.